The summed E-state index contributed by atoms with van der Waals surface area (Å²) in [6, 6.07) is 7.50. The molecule has 7 nitrogen and oxygen atoms in total. The molecule has 29 heavy (non-hydrogen) atoms. The summed E-state index contributed by atoms with van der Waals surface area (Å²) in [5.41, 5.74) is 4.77. The van der Waals surface area contributed by atoms with E-state index in [-0.39, 0.29) is 24.0 Å². The lowest BCUT2D eigenvalue weighted by Gasteiger charge is -2.10. The van der Waals surface area contributed by atoms with Gasteiger partial charge in [-0.2, -0.15) is 5.10 Å². The number of aromatic nitrogens is 2. The van der Waals surface area contributed by atoms with Crippen LogP contribution >= 0.6 is 11.3 Å². The Labute approximate surface area is 172 Å². The predicted molar refractivity (Wildman–Crippen MR) is 116 cm³/mol. The number of hydrogen-bond donors (Lipinski definition) is 2. The number of carbonyl (C=O) groups is 1. The predicted octanol–water partition coefficient (Wildman–Crippen LogP) is 3.47. The summed E-state index contributed by atoms with van der Waals surface area (Å²) < 4.78 is 5.62. The topological polar surface area (TPSA) is 96.4 Å². The standard InChI is InChI=1S/C21H24N4O3S/c1-11(2)28-16-8-6-15(7-9-16)13(4)24-25-18(26)10-17-22-20(27)19-12(3)14(5)29-21(19)23-17/h6-9,11H,10H2,1-5H3,(H,25,26)(H,22,23,27)/b24-13-. The molecule has 3 rings (SSSR count). The Hall–Kier alpha value is -3.00. The molecule has 0 aliphatic carbocycles. The number of aromatic amines is 1. The number of nitrogens with zero attached hydrogens (tertiary/aromatic N) is 2. The average Bonchev–Trinajstić information content (AvgIpc) is 2.94. The molecule has 152 valence electrons. The highest BCUT2D eigenvalue weighted by molar-refractivity contribution is 7.18. The normalized spacial score (nSPS) is 11.9. The maximum Gasteiger partial charge on any atom is 0.259 e. The van der Waals surface area contributed by atoms with E-state index in [1.165, 1.54) is 11.3 Å². The maximum atomic E-state index is 12.3. The molecular weight excluding hydrogens is 388 g/mol. The fraction of sp³-hybridized carbons (Fsp3) is 0.333. The van der Waals surface area contributed by atoms with Gasteiger partial charge in [0.1, 0.15) is 16.4 Å². The first kappa shape index (κ1) is 20.7. The Morgan fingerprint density at radius 3 is 2.62 bits per heavy atom. The van der Waals surface area contributed by atoms with Crippen LogP contribution in [0.5, 0.6) is 5.75 Å². The maximum absolute atomic E-state index is 12.3. The average molecular weight is 413 g/mol. The second-order valence-corrected chi connectivity index (χ2v) is 8.28. The molecule has 2 N–H and O–H groups in total. The minimum absolute atomic E-state index is 0.0564. The molecule has 0 radical (unpaired) electrons. The van der Waals surface area contributed by atoms with Crippen LogP contribution in [0.15, 0.2) is 34.2 Å². The third kappa shape index (κ3) is 4.89. The highest BCUT2D eigenvalue weighted by atomic mass is 32.1. The Balaban J connectivity index is 1.67. The van der Waals surface area contributed by atoms with Gasteiger partial charge in [0.2, 0.25) is 5.91 Å². The first-order valence-corrected chi connectivity index (χ1v) is 10.2. The number of ether oxygens (including phenoxy) is 1. The lowest BCUT2D eigenvalue weighted by atomic mass is 10.1. The summed E-state index contributed by atoms with van der Waals surface area (Å²) in [6.45, 7) is 9.60. The third-order valence-corrected chi connectivity index (χ3v) is 5.51. The highest BCUT2D eigenvalue weighted by Crippen LogP contribution is 2.25. The number of amides is 1. The number of hydrogen-bond acceptors (Lipinski definition) is 6. The van der Waals surface area contributed by atoms with Crippen LogP contribution in [0.2, 0.25) is 0 Å². The Kier molecular flexibility index (Phi) is 6.12. The van der Waals surface area contributed by atoms with Crippen LogP contribution in [-0.4, -0.2) is 27.7 Å². The first-order chi connectivity index (χ1) is 13.7. The van der Waals surface area contributed by atoms with Gasteiger partial charge in [-0.25, -0.2) is 10.4 Å². The number of rotatable bonds is 6. The van der Waals surface area contributed by atoms with Crippen molar-refractivity contribution >= 4 is 33.2 Å². The van der Waals surface area contributed by atoms with Gasteiger partial charge in [-0.3, -0.25) is 9.59 Å². The van der Waals surface area contributed by atoms with Gasteiger partial charge in [-0.15, -0.1) is 11.3 Å². The number of aryl methyl sites for hydroxylation is 2. The number of nitrogens with one attached hydrogen (secondary N) is 2. The SMILES string of the molecule is C/C(=N/NC(=O)Cc1nc2sc(C)c(C)c2c(=O)[nH]1)c1ccc(OC(C)C)cc1. The summed E-state index contributed by atoms with van der Waals surface area (Å²) in [4.78, 5) is 33.4. The summed E-state index contributed by atoms with van der Waals surface area (Å²) >= 11 is 1.45. The van der Waals surface area contributed by atoms with E-state index < -0.39 is 0 Å². The van der Waals surface area contributed by atoms with Crippen molar-refractivity contribution in [3.05, 3.63) is 56.4 Å². The fourth-order valence-electron chi connectivity index (χ4n) is 2.83. The van der Waals surface area contributed by atoms with E-state index in [2.05, 4.69) is 20.5 Å². The molecule has 0 spiro atoms. The summed E-state index contributed by atoms with van der Waals surface area (Å²) in [5, 5.41) is 4.74. The van der Waals surface area contributed by atoms with Crippen molar-refractivity contribution in [2.75, 3.05) is 0 Å². The Morgan fingerprint density at radius 2 is 1.97 bits per heavy atom. The Bertz CT molecular complexity index is 1130. The smallest absolute Gasteiger partial charge is 0.259 e. The molecule has 0 aliphatic rings. The highest BCUT2D eigenvalue weighted by Gasteiger charge is 2.13. The molecule has 0 atom stereocenters. The first-order valence-electron chi connectivity index (χ1n) is 9.33. The van der Waals surface area contributed by atoms with E-state index in [1.54, 1.807) is 0 Å². The number of fused-ring (bicyclic) bond motifs is 1. The van der Waals surface area contributed by atoms with E-state index >= 15 is 0 Å². The molecule has 2 heterocycles. The van der Waals surface area contributed by atoms with Gasteiger partial charge in [0.05, 0.1) is 23.6 Å². The molecule has 2 aromatic heterocycles. The van der Waals surface area contributed by atoms with E-state index in [1.807, 2.05) is 58.9 Å². The molecule has 0 aliphatic heterocycles. The zero-order valence-electron chi connectivity index (χ0n) is 17.1. The van der Waals surface area contributed by atoms with Crippen LogP contribution in [0.25, 0.3) is 10.2 Å². The van der Waals surface area contributed by atoms with Crippen LogP contribution < -0.4 is 15.7 Å². The van der Waals surface area contributed by atoms with Gasteiger partial charge < -0.3 is 9.72 Å². The van der Waals surface area contributed by atoms with Crippen molar-refractivity contribution in [3.8, 4) is 5.75 Å². The number of H-pyrrole nitrogens is 1. The van der Waals surface area contributed by atoms with E-state index in [0.29, 0.717) is 21.8 Å². The van der Waals surface area contributed by atoms with E-state index in [4.69, 9.17) is 4.74 Å². The molecule has 8 heteroatoms. The molecule has 1 aromatic carbocycles. The van der Waals surface area contributed by atoms with E-state index in [0.717, 1.165) is 21.8 Å². The second kappa shape index (κ2) is 8.57. The lowest BCUT2D eigenvalue weighted by molar-refractivity contribution is -0.120. The van der Waals surface area contributed by atoms with Crippen molar-refractivity contribution in [2.45, 2.75) is 47.1 Å². The molecule has 0 fully saturated rings. The molecular formula is C21H24N4O3S. The minimum Gasteiger partial charge on any atom is -0.491 e. The fourth-order valence-corrected chi connectivity index (χ4v) is 3.88. The van der Waals surface area contributed by atoms with Gasteiger partial charge >= 0.3 is 0 Å². The van der Waals surface area contributed by atoms with Gasteiger partial charge in [0.25, 0.3) is 5.56 Å². The van der Waals surface area contributed by atoms with Crippen molar-refractivity contribution in [3.63, 3.8) is 0 Å². The molecule has 0 saturated carbocycles. The molecule has 0 saturated heterocycles. The van der Waals surface area contributed by atoms with Crippen molar-refractivity contribution in [2.24, 2.45) is 5.10 Å². The quantitative estimate of drug-likeness (QED) is 0.479. The number of hydrazone groups is 1. The van der Waals surface area contributed by atoms with Crippen LogP contribution in [0.4, 0.5) is 0 Å². The van der Waals surface area contributed by atoms with Gasteiger partial charge in [0, 0.05) is 4.88 Å². The van der Waals surface area contributed by atoms with Crippen molar-refractivity contribution in [1.82, 2.24) is 15.4 Å². The summed E-state index contributed by atoms with van der Waals surface area (Å²) in [7, 11) is 0. The lowest BCUT2D eigenvalue weighted by Crippen LogP contribution is -2.24. The molecule has 3 aromatic rings. The Morgan fingerprint density at radius 1 is 1.28 bits per heavy atom. The van der Waals surface area contributed by atoms with E-state index in [9.17, 15) is 9.59 Å². The largest absolute Gasteiger partial charge is 0.491 e. The van der Waals surface area contributed by atoms with Crippen molar-refractivity contribution in [1.29, 1.82) is 0 Å². The second-order valence-electron chi connectivity index (χ2n) is 7.08. The van der Waals surface area contributed by atoms with Gasteiger partial charge in [0.15, 0.2) is 0 Å². The molecule has 1 amide bonds. The van der Waals surface area contributed by atoms with Crippen LogP contribution in [0.3, 0.4) is 0 Å². The third-order valence-electron chi connectivity index (χ3n) is 4.41. The molecule has 0 bridgehead atoms. The number of thiophene rings is 1. The minimum atomic E-state index is -0.350. The number of benzene rings is 1. The summed E-state index contributed by atoms with van der Waals surface area (Å²) in [6.07, 6.45) is 0.0511. The molecule has 0 unspecified atom stereocenters. The van der Waals surface area contributed by atoms with Gasteiger partial charge in [-0.1, -0.05) is 0 Å². The van der Waals surface area contributed by atoms with Crippen LogP contribution in [-0.2, 0) is 11.2 Å². The monoisotopic (exact) mass is 412 g/mol. The number of carbonyl (C=O) groups excluding carboxylic acids is 1. The van der Waals surface area contributed by atoms with Crippen LogP contribution in [0, 0.1) is 13.8 Å². The van der Waals surface area contributed by atoms with Crippen LogP contribution in [0.1, 0.15) is 42.6 Å². The zero-order valence-corrected chi connectivity index (χ0v) is 17.9. The van der Waals surface area contributed by atoms with Crippen molar-refractivity contribution < 1.29 is 9.53 Å². The summed E-state index contributed by atoms with van der Waals surface area (Å²) in [5.74, 6) is 0.756. The van der Waals surface area contributed by atoms with Gasteiger partial charge in [-0.05, 0) is 70.0 Å². The zero-order chi connectivity index (χ0) is 21.1.